The summed E-state index contributed by atoms with van der Waals surface area (Å²) >= 11 is 0. The fourth-order valence-electron chi connectivity index (χ4n) is 3.34. The number of benzene rings is 1. The lowest BCUT2D eigenvalue weighted by Gasteiger charge is -2.38. The van der Waals surface area contributed by atoms with Gasteiger partial charge in [-0.2, -0.15) is 0 Å². The Hall–Kier alpha value is -2.04. The molecule has 112 valence electrons. The highest BCUT2D eigenvalue weighted by Crippen LogP contribution is 2.26. The molecular formula is C16H21N3O2. The molecule has 0 saturated carbocycles. The van der Waals surface area contributed by atoms with Gasteiger partial charge in [0.05, 0.1) is 6.04 Å². The fourth-order valence-corrected chi connectivity index (χ4v) is 3.34. The van der Waals surface area contributed by atoms with E-state index in [-0.39, 0.29) is 24.0 Å². The van der Waals surface area contributed by atoms with Crippen molar-refractivity contribution < 1.29 is 9.59 Å². The van der Waals surface area contributed by atoms with Gasteiger partial charge in [-0.3, -0.25) is 4.79 Å². The number of urea groups is 1. The number of carbonyl (C=O) groups is 2. The van der Waals surface area contributed by atoms with E-state index in [2.05, 4.69) is 19.1 Å². The van der Waals surface area contributed by atoms with Crippen molar-refractivity contribution in [2.24, 2.45) is 0 Å². The molecule has 0 aliphatic carbocycles. The highest BCUT2D eigenvalue weighted by Gasteiger charge is 2.46. The molecule has 0 bridgehead atoms. The predicted octanol–water partition coefficient (Wildman–Crippen LogP) is 1.46. The fraction of sp³-hybridized carbons (Fsp3) is 0.500. The first kappa shape index (κ1) is 13.9. The maximum Gasteiger partial charge on any atom is 0.321 e. The second-order valence-corrected chi connectivity index (χ2v) is 6.05. The number of nitrogens with zero attached hydrogens (tertiary/aromatic N) is 3. The van der Waals surface area contributed by atoms with Gasteiger partial charge in [0.25, 0.3) is 0 Å². The molecule has 2 aliphatic heterocycles. The van der Waals surface area contributed by atoms with Crippen LogP contribution < -0.4 is 0 Å². The molecule has 5 nitrogen and oxygen atoms in total. The Morgan fingerprint density at radius 3 is 2.62 bits per heavy atom. The van der Waals surface area contributed by atoms with Crippen LogP contribution in [0.1, 0.15) is 18.1 Å². The van der Waals surface area contributed by atoms with E-state index >= 15 is 0 Å². The van der Waals surface area contributed by atoms with Crippen LogP contribution in [0.5, 0.6) is 0 Å². The highest BCUT2D eigenvalue weighted by atomic mass is 16.2. The third-order valence-electron chi connectivity index (χ3n) is 4.57. The Morgan fingerprint density at radius 2 is 1.90 bits per heavy atom. The maximum absolute atomic E-state index is 12.6. The number of rotatable bonds is 2. The Bertz CT molecular complexity index is 587. The van der Waals surface area contributed by atoms with Crippen molar-refractivity contribution in [3.8, 4) is 0 Å². The van der Waals surface area contributed by atoms with E-state index in [1.54, 1.807) is 9.80 Å². The minimum absolute atomic E-state index is 0.0165. The van der Waals surface area contributed by atoms with Gasteiger partial charge in [-0.1, -0.05) is 24.3 Å². The van der Waals surface area contributed by atoms with E-state index in [0.717, 1.165) is 5.56 Å². The molecular weight excluding hydrogens is 266 g/mol. The number of hydrogen-bond acceptors (Lipinski definition) is 2. The van der Waals surface area contributed by atoms with Crippen molar-refractivity contribution in [2.45, 2.75) is 32.5 Å². The van der Waals surface area contributed by atoms with Gasteiger partial charge < -0.3 is 14.7 Å². The summed E-state index contributed by atoms with van der Waals surface area (Å²) in [5, 5.41) is 0. The average Bonchev–Trinajstić information content (AvgIpc) is 2.75. The number of hydrogen-bond donors (Lipinski definition) is 0. The Morgan fingerprint density at radius 1 is 1.19 bits per heavy atom. The van der Waals surface area contributed by atoms with Crippen LogP contribution in [-0.4, -0.2) is 58.9 Å². The van der Waals surface area contributed by atoms with Crippen LogP contribution in [0.3, 0.4) is 0 Å². The Balaban J connectivity index is 1.80. The third kappa shape index (κ3) is 2.26. The number of likely N-dealkylation sites (N-methyl/N-ethyl adjacent to an activating group) is 1. The summed E-state index contributed by atoms with van der Waals surface area (Å²) in [6.07, 6.45) is 0. The largest absolute Gasteiger partial charge is 0.342 e. The normalized spacial score (nSPS) is 25.6. The van der Waals surface area contributed by atoms with Gasteiger partial charge in [0.2, 0.25) is 5.91 Å². The first-order valence-electron chi connectivity index (χ1n) is 7.35. The van der Waals surface area contributed by atoms with E-state index in [1.165, 1.54) is 5.56 Å². The quantitative estimate of drug-likeness (QED) is 0.826. The van der Waals surface area contributed by atoms with Gasteiger partial charge in [0.1, 0.15) is 6.04 Å². The summed E-state index contributed by atoms with van der Waals surface area (Å²) in [6, 6.07) is 7.85. The molecule has 2 aliphatic rings. The molecule has 0 spiro atoms. The molecule has 2 atom stereocenters. The molecule has 21 heavy (non-hydrogen) atoms. The van der Waals surface area contributed by atoms with Crippen molar-refractivity contribution in [2.75, 3.05) is 20.1 Å². The molecule has 0 radical (unpaired) electrons. The van der Waals surface area contributed by atoms with Crippen molar-refractivity contribution in [1.82, 2.24) is 14.7 Å². The zero-order chi connectivity index (χ0) is 15.1. The molecule has 5 heteroatoms. The standard InChI is InChI=1S/C16H21N3O2/c1-11-6-4-5-7-13(11)8-18-10-14-9-17(3)15(20)12(2)19(14)16(18)21/h4-7,12,14H,8-10H2,1-3H3/t12-,14-/m0/s1. The summed E-state index contributed by atoms with van der Waals surface area (Å²) in [6.45, 7) is 5.81. The topological polar surface area (TPSA) is 43.9 Å². The van der Waals surface area contributed by atoms with E-state index < -0.39 is 0 Å². The van der Waals surface area contributed by atoms with E-state index in [9.17, 15) is 9.59 Å². The van der Waals surface area contributed by atoms with Gasteiger partial charge in [0.15, 0.2) is 0 Å². The molecule has 3 rings (SSSR count). The SMILES string of the molecule is Cc1ccccc1CN1C[C@@H]2CN(C)C(=O)[C@H](C)N2C1=O. The van der Waals surface area contributed by atoms with Crippen LogP contribution >= 0.6 is 0 Å². The summed E-state index contributed by atoms with van der Waals surface area (Å²) in [5.41, 5.74) is 2.36. The van der Waals surface area contributed by atoms with E-state index in [1.807, 2.05) is 31.0 Å². The maximum atomic E-state index is 12.6. The van der Waals surface area contributed by atoms with Crippen LogP contribution in [-0.2, 0) is 11.3 Å². The molecule has 3 amide bonds. The highest BCUT2D eigenvalue weighted by molar-refractivity contribution is 5.89. The van der Waals surface area contributed by atoms with Gasteiger partial charge >= 0.3 is 6.03 Å². The van der Waals surface area contributed by atoms with Crippen LogP contribution in [0.4, 0.5) is 4.79 Å². The van der Waals surface area contributed by atoms with Gasteiger partial charge in [0, 0.05) is 26.7 Å². The van der Waals surface area contributed by atoms with E-state index in [4.69, 9.17) is 0 Å². The van der Waals surface area contributed by atoms with Crippen molar-refractivity contribution in [3.05, 3.63) is 35.4 Å². The summed E-state index contributed by atoms with van der Waals surface area (Å²) in [7, 11) is 1.81. The van der Waals surface area contributed by atoms with Crippen molar-refractivity contribution in [3.63, 3.8) is 0 Å². The average molecular weight is 287 g/mol. The number of carbonyl (C=O) groups excluding carboxylic acids is 2. The molecule has 0 aromatic heterocycles. The second-order valence-electron chi connectivity index (χ2n) is 6.05. The van der Waals surface area contributed by atoms with Crippen molar-refractivity contribution in [1.29, 1.82) is 0 Å². The molecule has 0 N–H and O–H groups in total. The minimum Gasteiger partial charge on any atom is -0.342 e. The second kappa shape index (κ2) is 5.06. The zero-order valence-corrected chi connectivity index (χ0v) is 12.7. The zero-order valence-electron chi connectivity index (χ0n) is 12.7. The summed E-state index contributed by atoms with van der Waals surface area (Å²) in [5.74, 6) is 0.0253. The number of amides is 3. The Labute approximate surface area is 125 Å². The predicted molar refractivity (Wildman–Crippen MR) is 79.7 cm³/mol. The number of fused-ring (bicyclic) bond motifs is 1. The molecule has 0 unspecified atom stereocenters. The minimum atomic E-state index is -0.358. The van der Waals surface area contributed by atoms with Gasteiger partial charge in [-0.05, 0) is 25.0 Å². The van der Waals surface area contributed by atoms with Gasteiger partial charge in [-0.15, -0.1) is 0 Å². The summed E-state index contributed by atoms with van der Waals surface area (Å²) < 4.78 is 0. The molecule has 2 fully saturated rings. The molecule has 2 saturated heterocycles. The Kier molecular flexibility index (Phi) is 3.35. The lowest BCUT2D eigenvalue weighted by molar-refractivity contribution is -0.139. The lowest BCUT2D eigenvalue weighted by atomic mass is 10.1. The summed E-state index contributed by atoms with van der Waals surface area (Å²) in [4.78, 5) is 30.0. The van der Waals surface area contributed by atoms with Crippen LogP contribution in [0.25, 0.3) is 0 Å². The van der Waals surface area contributed by atoms with Crippen molar-refractivity contribution >= 4 is 11.9 Å². The number of piperazine rings is 1. The monoisotopic (exact) mass is 287 g/mol. The molecule has 2 heterocycles. The first-order chi connectivity index (χ1) is 9.99. The number of aryl methyl sites for hydroxylation is 1. The van der Waals surface area contributed by atoms with Crippen LogP contribution in [0, 0.1) is 6.92 Å². The smallest absolute Gasteiger partial charge is 0.321 e. The van der Waals surface area contributed by atoms with Crippen LogP contribution in [0.15, 0.2) is 24.3 Å². The lowest BCUT2D eigenvalue weighted by Crippen LogP contribution is -2.58. The van der Waals surface area contributed by atoms with Crippen LogP contribution in [0.2, 0.25) is 0 Å². The molecule has 1 aromatic rings. The molecule has 1 aromatic carbocycles. The third-order valence-corrected chi connectivity index (χ3v) is 4.57. The van der Waals surface area contributed by atoms with E-state index in [0.29, 0.717) is 19.6 Å². The first-order valence-corrected chi connectivity index (χ1v) is 7.35. The van der Waals surface area contributed by atoms with Gasteiger partial charge in [-0.25, -0.2) is 4.79 Å².